The highest BCUT2D eigenvalue weighted by Gasteiger charge is 2.59. The van der Waals surface area contributed by atoms with Crippen LogP contribution >= 0.6 is 0 Å². The molecule has 0 saturated carbocycles. The van der Waals surface area contributed by atoms with Crippen molar-refractivity contribution in [1.82, 2.24) is 14.9 Å². The highest BCUT2D eigenvalue weighted by molar-refractivity contribution is 6.08. The summed E-state index contributed by atoms with van der Waals surface area (Å²) < 4.78 is 13.6. The summed E-state index contributed by atoms with van der Waals surface area (Å²) in [6.45, 7) is 2.19. The number of likely N-dealkylation sites (tertiary alicyclic amines) is 1. The number of fused-ring (bicyclic) bond motifs is 2. The molecule has 7 heteroatoms. The molecular weight excluding hydrogens is 371 g/mol. The van der Waals surface area contributed by atoms with Crippen LogP contribution < -0.4 is 5.32 Å². The van der Waals surface area contributed by atoms with Crippen LogP contribution in [0.5, 0.6) is 0 Å². The van der Waals surface area contributed by atoms with Crippen LogP contribution in [0, 0.1) is 12.7 Å². The maximum atomic E-state index is 13.6. The van der Waals surface area contributed by atoms with Gasteiger partial charge < -0.3 is 15.2 Å². The topological polar surface area (TPSA) is 78.1 Å². The first-order chi connectivity index (χ1) is 14.0. The summed E-state index contributed by atoms with van der Waals surface area (Å²) in [4.78, 5) is 35.5. The molecule has 0 bridgehead atoms. The molecule has 1 aromatic heterocycles. The van der Waals surface area contributed by atoms with Gasteiger partial charge in [-0.05, 0) is 42.7 Å². The summed E-state index contributed by atoms with van der Waals surface area (Å²) in [7, 11) is 0. The predicted octanol–water partition coefficient (Wildman–Crippen LogP) is 3.33. The number of imidazole rings is 1. The van der Waals surface area contributed by atoms with Gasteiger partial charge in [-0.3, -0.25) is 9.59 Å². The van der Waals surface area contributed by atoms with Crippen molar-refractivity contribution in [3.8, 4) is 0 Å². The third kappa shape index (κ3) is 2.43. The number of aromatic nitrogens is 2. The van der Waals surface area contributed by atoms with Gasteiger partial charge in [0.05, 0.1) is 12.4 Å². The number of benzene rings is 2. The summed E-state index contributed by atoms with van der Waals surface area (Å²) in [5, 5.41) is 2.97. The molecule has 0 unspecified atom stereocenters. The number of anilines is 1. The Bertz CT molecular complexity index is 1120. The Kier molecular flexibility index (Phi) is 3.81. The number of amides is 2. The highest BCUT2D eigenvalue weighted by Crippen LogP contribution is 2.54. The van der Waals surface area contributed by atoms with Gasteiger partial charge in [-0.2, -0.15) is 0 Å². The standard InChI is InChI=1S/C22H19FN4O2/c1-13-18(25-12-24-13)20(28)27-11-10-22(19(27)14-6-8-15(23)9-7-14)16-4-2-3-5-17(16)26-21(22)29/h2-9,12,19H,10-11H2,1H3,(H,24,25)(H,26,29)/t19-,22+/m0/s1. The number of aromatic amines is 1. The largest absolute Gasteiger partial charge is 0.348 e. The number of hydrogen-bond donors (Lipinski definition) is 2. The Morgan fingerprint density at radius 3 is 2.69 bits per heavy atom. The Morgan fingerprint density at radius 2 is 1.97 bits per heavy atom. The SMILES string of the molecule is Cc1[nH]cnc1C(=O)N1CC[C@]2(C(=O)Nc3ccccc32)[C@@H]1c1ccc(F)cc1. The van der Waals surface area contributed by atoms with E-state index in [0.29, 0.717) is 24.4 Å². The first kappa shape index (κ1) is 17.6. The van der Waals surface area contributed by atoms with E-state index < -0.39 is 11.5 Å². The molecule has 1 fully saturated rings. The van der Waals surface area contributed by atoms with Crippen molar-refractivity contribution < 1.29 is 14.0 Å². The first-order valence-electron chi connectivity index (χ1n) is 9.50. The van der Waals surface area contributed by atoms with Crippen LogP contribution in [-0.2, 0) is 10.2 Å². The molecule has 3 heterocycles. The molecule has 1 spiro atoms. The van der Waals surface area contributed by atoms with Crippen molar-refractivity contribution in [1.29, 1.82) is 0 Å². The number of hydrogen-bond acceptors (Lipinski definition) is 3. The lowest BCUT2D eigenvalue weighted by Gasteiger charge is -2.34. The number of nitrogens with one attached hydrogen (secondary N) is 2. The molecule has 0 radical (unpaired) electrons. The van der Waals surface area contributed by atoms with Crippen LogP contribution in [0.25, 0.3) is 0 Å². The number of carbonyl (C=O) groups is 2. The molecule has 2 aliphatic rings. The Hall–Kier alpha value is -3.48. The second kappa shape index (κ2) is 6.27. The summed E-state index contributed by atoms with van der Waals surface area (Å²) in [5.41, 5.74) is 2.43. The fourth-order valence-electron chi connectivity index (χ4n) is 4.72. The average Bonchev–Trinajstić information content (AvgIpc) is 3.40. The van der Waals surface area contributed by atoms with E-state index in [-0.39, 0.29) is 17.6 Å². The van der Waals surface area contributed by atoms with Gasteiger partial charge in [0.15, 0.2) is 0 Å². The lowest BCUT2D eigenvalue weighted by Crippen LogP contribution is -2.42. The zero-order valence-electron chi connectivity index (χ0n) is 15.8. The lowest BCUT2D eigenvalue weighted by atomic mass is 9.72. The van der Waals surface area contributed by atoms with Crippen molar-refractivity contribution >= 4 is 17.5 Å². The highest BCUT2D eigenvalue weighted by atomic mass is 19.1. The van der Waals surface area contributed by atoms with Gasteiger partial charge in [-0.1, -0.05) is 30.3 Å². The third-order valence-electron chi connectivity index (χ3n) is 6.07. The van der Waals surface area contributed by atoms with E-state index in [0.717, 1.165) is 16.8 Å². The minimum Gasteiger partial charge on any atom is -0.348 e. The lowest BCUT2D eigenvalue weighted by molar-refractivity contribution is -0.121. The van der Waals surface area contributed by atoms with Gasteiger partial charge in [0.1, 0.15) is 16.9 Å². The monoisotopic (exact) mass is 390 g/mol. The number of rotatable bonds is 2. The molecule has 2 N–H and O–H groups in total. The van der Waals surface area contributed by atoms with Crippen LogP contribution in [0.15, 0.2) is 54.9 Å². The van der Waals surface area contributed by atoms with Crippen LogP contribution in [-0.4, -0.2) is 33.2 Å². The normalized spacial score (nSPS) is 22.8. The van der Waals surface area contributed by atoms with Crippen molar-refractivity contribution in [2.24, 2.45) is 0 Å². The van der Waals surface area contributed by atoms with Gasteiger partial charge >= 0.3 is 0 Å². The van der Waals surface area contributed by atoms with E-state index in [1.165, 1.54) is 18.5 Å². The summed E-state index contributed by atoms with van der Waals surface area (Å²) in [6.07, 6.45) is 1.96. The van der Waals surface area contributed by atoms with Crippen LogP contribution in [0.1, 0.15) is 39.8 Å². The molecule has 2 amide bonds. The van der Waals surface area contributed by atoms with Gasteiger partial charge in [0.2, 0.25) is 5.91 Å². The van der Waals surface area contributed by atoms with Crippen molar-refractivity contribution in [3.05, 3.63) is 83.2 Å². The molecule has 3 aromatic rings. The minimum atomic E-state index is -0.922. The summed E-state index contributed by atoms with van der Waals surface area (Å²) >= 11 is 0. The number of H-pyrrole nitrogens is 1. The fourth-order valence-corrected chi connectivity index (χ4v) is 4.72. The molecule has 6 nitrogen and oxygen atoms in total. The number of halogens is 1. The van der Waals surface area contributed by atoms with Crippen molar-refractivity contribution in [2.75, 3.05) is 11.9 Å². The zero-order chi connectivity index (χ0) is 20.2. The van der Waals surface area contributed by atoms with Gasteiger partial charge in [-0.15, -0.1) is 0 Å². The molecule has 146 valence electrons. The minimum absolute atomic E-state index is 0.137. The Balaban J connectivity index is 1.69. The van der Waals surface area contributed by atoms with Gasteiger partial charge in [-0.25, -0.2) is 9.37 Å². The Labute approximate surface area is 166 Å². The first-order valence-corrected chi connectivity index (χ1v) is 9.50. The zero-order valence-corrected chi connectivity index (χ0v) is 15.8. The fraction of sp³-hybridized carbons (Fsp3) is 0.227. The summed E-state index contributed by atoms with van der Waals surface area (Å²) in [6, 6.07) is 13.0. The molecule has 5 rings (SSSR count). The van der Waals surface area contributed by atoms with E-state index in [2.05, 4.69) is 15.3 Å². The van der Waals surface area contributed by atoms with E-state index >= 15 is 0 Å². The van der Waals surface area contributed by atoms with E-state index in [1.807, 2.05) is 24.3 Å². The second-order valence-electron chi connectivity index (χ2n) is 7.55. The molecule has 0 aliphatic carbocycles. The quantitative estimate of drug-likeness (QED) is 0.705. The van der Waals surface area contributed by atoms with E-state index in [9.17, 15) is 14.0 Å². The maximum Gasteiger partial charge on any atom is 0.274 e. The van der Waals surface area contributed by atoms with Gasteiger partial charge in [0.25, 0.3) is 5.91 Å². The molecule has 29 heavy (non-hydrogen) atoms. The molecule has 2 aliphatic heterocycles. The van der Waals surface area contributed by atoms with E-state index in [4.69, 9.17) is 0 Å². The number of carbonyl (C=O) groups excluding carboxylic acids is 2. The van der Waals surface area contributed by atoms with Gasteiger partial charge in [0, 0.05) is 17.9 Å². The molecular formula is C22H19FN4O2. The third-order valence-corrected chi connectivity index (χ3v) is 6.07. The van der Waals surface area contributed by atoms with Crippen LogP contribution in [0.2, 0.25) is 0 Å². The van der Waals surface area contributed by atoms with Crippen molar-refractivity contribution in [3.63, 3.8) is 0 Å². The summed E-state index contributed by atoms with van der Waals surface area (Å²) in [5.74, 6) is -0.743. The van der Waals surface area contributed by atoms with Crippen LogP contribution in [0.3, 0.4) is 0 Å². The predicted molar refractivity (Wildman–Crippen MR) is 105 cm³/mol. The maximum absolute atomic E-state index is 13.6. The number of nitrogens with zero attached hydrogens (tertiary/aromatic N) is 2. The number of aryl methyl sites for hydroxylation is 1. The number of para-hydroxylation sites is 1. The second-order valence-corrected chi connectivity index (χ2v) is 7.55. The average molecular weight is 390 g/mol. The smallest absolute Gasteiger partial charge is 0.274 e. The van der Waals surface area contributed by atoms with E-state index in [1.54, 1.807) is 24.0 Å². The van der Waals surface area contributed by atoms with Crippen LogP contribution in [0.4, 0.5) is 10.1 Å². The van der Waals surface area contributed by atoms with Crippen molar-refractivity contribution in [2.45, 2.75) is 24.8 Å². The Morgan fingerprint density at radius 1 is 1.21 bits per heavy atom. The molecule has 2 aromatic carbocycles. The molecule has 2 atom stereocenters. The molecule has 1 saturated heterocycles.